The highest BCUT2D eigenvalue weighted by molar-refractivity contribution is 8.01. The van der Waals surface area contributed by atoms with Crippen LogP contribution in [0, 0.1) is 0 Å². The summed E-state index contributed by atoms with van der Waals surface area (Å²) in [6.07, 6.45) is 4.02. The van der Waals surface area contributed by atoms with Crippen LogP contribution in [0.3, 0.4) is 0 Å². The lowest BCUT2D eigenvalue weighted by atomic mass is 9.94. The zero-order valence-corrected chi connectivity index (χ0v) is 18.7. The van der Waals surface area contributed by atoms with E-state index >= 15 is 0 Å². The standard InChI is InChI=1S/C25H22N2O5S/c1-31-17-9-7-16(8-10-17)14-32-25(30)22-18-11-12-19(18)33-24-21(23(29)27(22)24)26-20(28)13-15-5-3-2-4-6-15/h2-12,19,21,24H,13-14H2,1H3,(H,26,28)/t19-,21+,24+/m0/s1. The SMILES string of the molecule is COc1ccc(COC(=O)C2=C3C=C[C@@H]3S[C@@H]3[C@H](NC(=O)Cc4ccccc4)C(=O)N23)cc1. The Bertz CT molecular complexity index is 1160. The highest BCUT2D eigenvalue weighted by Crippen LogP contribution is 2.48. The van der Waals surface area contributed by atoms with Gasteiger partial charge in [0.15, 0.2) is 0 Å². The molecule has 168 valence electrons. The highest BCUT2D eigenvalue weighted by atomic mass is 32.2. The Labute approximate surface area is 195 Å². The molecule has 2 amide bonds. The number of thioether (sulfide) groups is 1. The second-order valence-corrected chi connectivity index (χ2v) is 9.21. The van der Waals surface area contributed by atoms with E-state index in [9.17, 15) is 14.4 Å². The summed E-state index contributed by atoms with van der Waals surface area (Å²) in [7, 11) is 1.59. The zero-order valence-electron chi connectivity index (χ0n) is 17.9. The van der Waals surface area contributed by atoms with Gasteiger partial charge in [-0.2, -0.15) is 0 Å². The van der Waals surface area contributed by atoms with Crippen LogP contribution in [-0.4, -0.2) is 46.5 Å². The van der Waals surface area contributed by atoms with Gasteiger partial charge >= 0.3 is 5.97 Å². The van der Waals surface area contributed by atoms with E-state index in [0.29, 0.717) is 0 Å². The Morgan fingerprint density at radius 3 is 2.48 bits per heavy atom. The lowest BCUT2D eigenvalue weighted by molar-refractivity contribution is -0.153. The van der Waals surface area contributed by atoms with Gasteiger partial charge in [-0.1, -0.05) is 54.6 Å². The number of esters is 1. The molecule has 0 bridgehead atoms. The summed E-state index contributed by atoms with van der Waals surface area (Å²) < 4.78 is 10.7. The summed E-state index contributed by atoms with van der Waals surface area (Å²) in [6, 6.07) is 15.9. The van der Waals surface area contributed by atoms with E-state index in [1.165, 1.54) is 4.90 Å². The minimum absolute atomic E-state index is 0.0106. The predicted octanol–water partition coefficient (Wildman–Crippen LogP) is 2.57. The average Bonchev–Trinajstić information content (AvgIpc) is 2.82. The molecule has 1 aliphatic carbocycles. The number of nitrogens with one attached hydrogen (secondary N) is 1. The van der Waals surface area contributed by atoms with Gasteiger partial charge in [-0.3, -0.25) is 14.5 Å². The monoisotopic (exact) mass is 462 g/mol. The normalized spacial score (nSPS) is 22.5. The van der Waals surface area contributed by atoms with Gasteiger partial charge in [0.25, 0.3) is 5.91 Å². The third-order valence-corrected chi connectivity index (χ3v) is 7.31. The van der Waals surface area contributed by atoms with Gasteiger partial charge in [0.2, 0.25) is 5.91 Å². The molecule has 1 fully saturated rings. The molecule has 8 heteroatoms. The molecule has 33 heavy (non-hydrogen) atoms. The lowest BCUT2D eigenvalue weighted by Crippen LogP contribution is -2.71. The minimum Gasteiger partial charge on any atom is -0.497 e. The molecule has 1 N–H and O–H groups in total. The molecule has 2 aromatic rings. The molecule has 2 aliphatic heterocycles. The van der Waals surface area contributed by atoms with Gasteiger partial charge in [0, 0.05) is 5.57 Å². The number of fused-ring (bicyclic) bond motifs is 2. The first-order valence-electron chi connectivity index (χ1n) is 10.6. The van der Waals surface area contributed by atoms with Crippen molar-refractivity contribution in [2.45, 2.75) is 29.7 Å². The van der Waals surface area contributed by atoms with E-state index in [1.54, 1.807) is 31.0 Å². The van der Waals surface area contributed by atoms with Crippen LogP contribution in [0.5, 0.6) is 5.75 Å². The number of amides is 2. The first-order chi connectivity index (χ1) is 16.0. The van der Waals surface area contributed by atoms with Crippen molar-refractivity contribution in [3.8, 4) is 5.75 Å². The third kappa shape index (κ3) is 4.02. The fraction of sp³-hybridized carbons (Fsp3) is 0.240. The van der Waals surface area contributed by atoms with Crippen molar-refractivity contribution in [1.29, 1.82) is 0 Å². The van der Waals surface area contributed by atoms with Crippen molar-refractivity contribution in [2.75, 3.05) is 7.11 Å². The lowest BCUT2D eigenvalue weighted by Gasteiger charge is -2.52. The van der Waals surface area contributed by atoms with Crippen molar-refractivity contribution in [2.24, 2.45) is 0 Å². The largest absolute Gasteiger partial charge is 0.497 e. The summed E-state index contributed by atoms with van der Waals surface area (Å²) in [5, 5.41) is 2.52. The number of benzene rings is 2. The van der Waals surface area contributed by atoms with Crippen molar-refractivity contribution >= 4 is 29.5 Å². The fourth-order valence-corrected chi connectivity index (χ4v) is 5.51. The molecule has 0 radical (unpaired) electrons. The van der Waals surface area contributed by atoms with Crippen LogP contribution in [0.2, 0.25) is 0 Å². The molecule has 2 heterocycles. The second kappa shape index (κ2) is 8.78. The van der Waals surface area contributed by atoms with E-state index in [-0.39, 0.29) is 41.2 Å². The zero-order chi connectivity index (χ0) is 22.9. The van der Waals surface area contributed by atoms with Crippen molar-refractivity contribution in [1.82, 2.24) is 10.2 Å². The van der Waals surface area contributed by atoms with Crippen LogP contribution in [0.4, 0.5) is 0 Å². The maximum absolute atomic E-state index is 13.0. The minimum atomic E-state index is -0.661. The van der Waals surface area contributed by atoms with E-state index in [0.717, 1.165) is 22.4 Å². The van der Waals surface area contributed by atoms with E-state index in [4.69, 9.17) is 9.47 Å². The van der Waals surface area contributed by atoms with E-state index in [2.05, 4.69) is 5.32 Å². The smallest absolute Gasteiger partial charge is 0.355 e. The number of rotatable bonds is 7. The van der Waals surface area contributed by atoms with Crippen molar-refractivity contribution in [3.63, 3.8) is 0 Å². The number of ether oxygens (including phenoxy) is 2. The molecule has 3 aliphatic rings. The molecule has 0 unspecified atom stereocenters. The van der Waals surface area contributed by atoms with Gasteiger partial charge in [-0.05, 0) is 23.3 Å². The van der Waals surface area contributed by atoms with E-state index in [1.807, 2.05) is 54.6 Å². The molecule has 2 aromatic carbocycles. The quantitative estimate of drug-likeness (QED) is 0.503. The Hall–Kier alpha value is -3.52. The molecule has 5 rings (SSSR count). The maximum atomic E-state index is 13.0. The van der Waals surface area contributed by atoms with Gasteiger partial charge in [0.1, 0.15) is 29.5 Å². The number of allylic oxidation sites excluding steroid dienone is 1. The summed E-state index contributed by atoms with van der Waals surface area (Å²) in [5.74, 6) is -0.335. The molecule has 7 nitrogen and oxygen atoms in total. The molecule has 0 spiro atoms. The van der Waals surface area contributed by atoms with Gasteiger partial charge in [-0.25, -0.2) is 4.79 Å². The van der Waals surface area contributed by atoms with Crippen LogP contribution in [-0.2, 0) is 32.1 Å². The first-order valence-corrected chi connectivity index (χ1v) is 11.5. The van der Waals surface area contributed by atoms with Crippen LogP contribution < -0.4 is 10.1 Å². The number of hydrogen-bond donors (Lipinski definition) is 1. The number of β-lactam (4-membered cyclic amide) rings is 1. The number of carbonyl (C=O) groups excluding carboxylic acids is 3. The molecular formula is C25H22N2O5S. The Kier molecular flexibility index (Phi) is 5.68. The Balaban J connectivity index is 1.25. The number of nitrogens with zero attached hydrogens (tertiary/aromatic N) is 1. The number of methoxy groups -OCH3 is 1. The van der Waals surface area contributed by atoms with E-state index < -0.39 is 12.0 Å². The number of hydrogen-bond acceptors (Lipinski definition) is 6. The highest BCUT2D eigenvalue weighted by Gasteiger charge is 2.56. The Morgan fingerprint density at radius 1 is 1.06 bits per heavy atom. The van der Waals surface area contributed by atoms with Crippen LogP contribution >= 0.6 is 11.8 Å². The second-order valence-electron chi connectivity index (χ2n) is 7.95. The summed E-state index contributed by atoms with van der Waals surface area (Å²) in [5.41, 5.74) is 2.76. The van der Waals surface area contributed by atoms with Gasteiger partial charge in [0.05, 0.1) is 18.8 Å². The molecule has 0 saturated carbocycles. The van der Waals surface area contributed by atoms with Gasteiger partial charge < -0.3 is 14.8 Å². The first kappa shape index (κ1) is 21.3. The van der Waals surface area contributed by atoms with Crippen LogP contribution in [0.1, 0.15) is 11.1 Å². The third-order valence-electron chi connectivity index (χ3n) is 5.85. The fourth-order valence-electron chi connectivity index (χ4n) is 4.03. The predicted molar refractivity (Wildman–Crippen MR) is 123 cm³/mol. The molecule has 3 atom stereocenters. The van der Waals surface area contributed by atoms with Crippen molar-refractivity contribution in [3.05, 3.63) is 89.1 Å². The molecule has 1 saturated heterocycles. The summed E-state index contributed by atoms with van der Waals surface area (Å²) in [4.78, 5) is 39.9. The average molecular weight is 463 g/mol. The summed E-state index contributed by atoms with van der Waals surface area (Å²) in [6.45, 7) is 0.0884. The van der Waals surface area contributed by atoms with Crippen LogP contribution in [0.25, 0.3) is 0 Å². The molecular weight excluding hydrogens is 440 g/mol. The Morgan fingerprint density at radius 2 is 1.82 bits per heavy atom. The van der Waals surface area contributed by atoms with Crippen LogP contribution in [0.15, 0.2) is 78.0 Å². The summed E-state index contributed by atoms with van der Waals surface area (Å²) >= 11 is 1.55. The topological polar surface area (TPSA) is 84.9 Å². The van der Waals surface area contributed by atoms with Gasteiger partial charge in [-0.15, -0.1) is 11.8 Å². The number of carbonyl (C=O) groups is 3. The molecule has 0 aromatic heterocycles. The maximum Gasteiger partial charge on any atom is 0.355 e. The van der Waals surface area contributed by atoms with Crippen molar-refractivity contribution < 1.29 is 23.9 Å².